The highest BCUT2D eigenvalue weighted by Gasteiger charge is 2.16. The van der Waals surface area contributed by atoms with Gasteiger partial charge in [0.25, 0.3) is 0 Å². The highest BCUT2D eigenvalue weighted by Crippen LogP contribution is 2.21. The van der Waals surface area contributed by atoms with E-state index in [0.29, 0.717) is 13.2 Å². The molecule has 76 valence electrons. The minimum atomic E-state index is -0.424. The minimum absolute atomic E-state index is 0.0228. The number of morpholine rings is 1. The average molecular weight is 197 g/mol. The van der Waals surface area contributed by atoms with E-state index < -0.39 is 5.82 Å². The number of rotatable bonds is 1. The maximum absolute atomic E-state index is 13.0. The Morgan fingerprint density at radius 3 is 2.93 bits per heavy atom. The first-order valence-electron chi connectivity index (χ1n) is 4.56. The summed E-state index contributed by atoms with van der Waals surface area (Å²) in [5, 5.41) is 12.4. The molecule has 1 aliphatic heterocycles. The Bertz CT molecular complexity index is 304. The number of hydrogen-bond donors (Lipinski definition) is 2. The Labute approximate surface area is 81.5 Å². The fraction of sp³-hybridized carbons (Fsp3) is 0.400. The molecular formula is C10H12FNO2. The molecule has 1 atom stereocenters. The van der Waals surface area contributed by atoms with Crippen molar-refractivity contribution in [2.45, 2.75) is 6.04 Å². The van der Waals surface area contributed by atoms with Gasteiger partial charge in [-0.2, -0.15) is 0 Å². The van der Waals surface area contributed by atoms with E-state index in [-0.39, 0.29) is 11.8 Å². The highest BCUT2D eigenvalue weighted by atomic mass is 19.1. The number of aromatic hydroxyl groups is 1. The summed E-state index contributed by atoms with van der Waals surface area (Å²) in [6.45, 7) is 1.95. The Morgan fingerprint density at radius 1 is 1.43 bits per heavy atom. The Morgan fingerprint density at radius 2 is 2.29 bits per heavy atom. The van der Waals surface area contributed by atoms with Crippen molar-refractivity contribution in [2.24, 2.45) is 0 Å². The zero-order valence-corrected chi connectivity index (χ0v) is 7.66. The van der Waals surface area contributed by atoms with Crippen LogP contribution in [0.4, 0.5) is 4.39 Å². The molecule has 4 heteroatoms. The van der Waals surface area contributed by atoms with Crippen LogP contribution in [-0.2, 0) is 4.74 Å². The fourth-order valence-electron chi connectivity index (χ4n) is 1.58. The van der Waals surface area contributed by atoms with E-state index in [9.17, 15) is 9.50 Å². The van der Waals surface area contributed by atoms with Crippen LogP contribution in [-0.4, -0.2) is 24.9 Å². The van der Waals surface area contributed by atoms with E-state index in [1.54, 1.807) is 6.07 Å². The smallest absolute Gasteiger partial charge is 0.127 e. The van der Waals surface area contributed by atoms with Crippen LogP contribution < -0.4 is 5.32 Å². The minimum Gasteiger partial charge on any atom is -0.508 e. The molecule has 1 unspecified atom stereocenters. The van der Waals surface area contributed by atoms with Gasteiger partial charge in [0, 0.05) is 12.6 Å². The largest absolute Gasteiger partial charge is 0.508 e. The molecule has 3 nitrogen and oxygen atoms in total. The number of phenolic OH excluding ortho intramolecular Hbond substituents is 1. The van der Waals surface area contributed by atoms with Gasteiger partial charge in [-0.05, 0) is 17.7 Å². The summed E-state index contributed by atoms with van der Waals surface area (Å²) in [6.07, 6.45) is 0. The van der Waals surface area contributed by atoms with E-state index in [1.807, 2.05) is 0 Å². The lowest BCUT2D eigenvalue weighted by atomic mass is 10.1. The second-order valence-electron chi connectivity index (χ2n) is 3.32. The normalized spacial score (nSPS) is 22.2. The van der Waals surface area contributed by atoms with Crippen molar-refractivity contribution in [3.05, 3.63) is 29.6 Å². The van der Waals surface area contributed by atoms with Gasteiger partial charge >= 0.3 is 0 Å². The van der Waals surface area contributed by atoms with Gasteiger partial charge in [0.2, 0.25) is 0 Å². The molecule has 1 heterocycles. The van der Waals surface area contributed by atoms with Crippen molar-refractivity contribution in [3.63, 3.8) is 0 Å². The van der Waals surface area contributed by atoms with Gasteiger partial charge in [-0.15, -0.1) is 0 Å². The molecule has 0 bridgehead atoms. The first-order chi connectivity index (χ1) is 6.75. The van der Waals surface area contributed by atoms with Gasteiger partial charge < -0.3 is 15.2 Å². The summed E-state index contributed by atoms with van der Waals surface area (Å²) in [6, 6.07) is 4.03. The number of ether oxygens (including phenoxy) is 1. The topological polar surface area (TPSA) is 41.5 Å². The summed E-state index contributed by atoms with van der Waals surface area (Å²) >= 11 is 0. The van der Waals surface area contributed by atoms with Crippen molar-refractivity contribution >= 4 is 0 Å². The predicted octanol–water partition coefficient (Wildman–Crippen LogP) is 1.19. The molecule has 2 rings (SSSR count). The maximum Gasteiger partial charge on any atom is 0.127 e. The molecule has 0 spiro atoms. The molecule has 0 amide bonds. The quantitative estimate of drug-likeness (QED) is 0.710. The summed E-state index contributed by atoms with van der Waals surface area (Å²) in [4.78, 5) is 0. The first-order valence-corrected chi connectivity index (χ1v) is 4.56. The van der Waals surface area contributed by atoms with Gasteiger partial charge in [-0.3, -0.25) is 0 Å². The van der Waals surface area contributed by atoms with Crippen molar-refractivity contribution in [3.8, 4) is 5.75 Å². The van der Waals surface area contributed by atoms with Crippen LogP contribution in [0.15, 0.2) is 18.2 Å². The lowest BCUT2D eigenvalue weighted by Crippen LogP contribution is -2.34. The fourth-order valence-corrected chi connectivity index (χ4v) is 1.58. The molecule has 1 saturated heterocycles. The molecule has 0 saturated carbocycles. The number of phenols is 1. The van der Waals surface area contributed by atoms with Crippen molar-refractivity contribution in [1.29, 1.82) is 0 Å². The summed E-state index contributed by atoms with van der Waals surface area (Å²) in [7, 11) is 0. The van der Waals surface area contributed by atoms with Crippen molar-refractivity contribution in [1.82, 2.24) is 5.32 Å². The van der Waals surface area contributed by atoms with Crippen LogP contribution >= 0.6 is 0 Å². The lowest BCUT2D eigenvalue weighted by Gasteiger charge is -2.24. The van der Waals surface area contributed by atoms with E-state index in [0.717, 1.165) is 18.2 Å². The first kappa shape index (κ1) is 9.43. The van der Waals surface area contributed by atoms with Gasteiger partial charge in [0.05, 0.1) is 19.3 Å². The second-order valence-corrected chi connectivity index (χ2v) is 3.32. The average Bonchev–Trinajstić information content (AvgIpc) is 2.18. The van der Waals surface area contributed by atoms with Gasteiger partial charge in [0.1, 0.15) is 11.6 Å². The summed E-state index contributed by atoms with van der Waals surface area (Å²) < 4.78 is 18.2. The molecule has 14 heavy (non-hydrogen) atoms. The zero-order valence-electron chi connectivity index (χ0n) is 7.66. The van der Waals surface area contributed by atoms with E-state index in [4.69, 9.17) is 4.74 Å². The van der Waals surface area contributed by atoms with Crippen molar-refractivity contribution < 1.29 is 14.2 Å². The van der Waals surface area contributed by atoms with Gasteiger partial charge in [0.15, 0.2) is 0 Å². The molecule has 1 aromatic rings. The molecular weight excluding hydrogens is 185 g/mol. The summed E-state index contributed by atoms with van der Waals surface area (Å²) in [5.74, 6) is -0.472. The number of hydrogen-bond acceptors (Lipinski definition) is 3. The molecule has 1 fully saturated rings. The van der Waals surface area contributed by atoms with Crippen molar-refractivity contribution in [2.75, 3.05) is 19.8 Å². The second kappa shape index (κ2) is 3.94. The lowest BCUT2D eigenvalue weighted by molar-refractivity contribution is 0.0767. The SMILES string of the molecule is Oc1cc(F)cc(C2COCCN2)c1. The molecule has 1 aromatic carbocycles. The zero-order chi connectivity index (χ0) is 9.97. The van der Waals surface area contributed by atoms with Gasteiger partial charge in [-0.25, -0.2) is 4.39 Å². The van der Waals surface area contributed by atoms with Gasteiger partial charge in [-0.1, -0.05) is 0 Å². The third-order valence-electron chi connectivity index (χ3n) is 2.23. The maximum atomic E-state index is 13.0. The highest BCUT2D eigenvalue weighted by molar-refractivity contribution is 5.30. The monoisotopic (exact) mass is 197 g/mol. The Kier molecular flexibility index (Phi) is 2.65. The van der Waals surface area contributed by atoms with E-state index in [1.165, 1.54) is 6.07 Å². The Hall–Kier alpha value is -1.13. The molecule has 1 aliphatic rings. The van der Waals surface area contributed by atoms with Crippen LogP contribution in [0.1, 0.15) is 11.6 Å². The number of halogens is 1. The Balaban J connectivity index is 2.21. The van der Waals surface area contributed by atoms with Crippen LogP contribution in [0.25, 0.3) is 0 Å². The number of benzene rings is 1. The molecule has 0 aromatic heterocycles. The third kappa shape index (κ3) is 2.02. The predicted molar refractivity (Wildman–Crippen MR) is 49.6 cm³/mol. The number of nitrogens with one attached hydrogen (secondary N) is 1. The summed E-state index contributed by atoms with van der Waals surface area (Å²) in [5.41, 5.74) is 0.724. The van der Waals surface area contributed by atoms with Crippen LogP contribution in [0.3, 0.4) is 0 Å². The standard InChI is InChI=1S/C10H12FNO2/c11-8-3-7(4-9(13)5-8)10-6-14-2-1-12-10/h3-5,10,12-13H,1-2,6H2. The molecule has 0 aliphatic carbocycles. The molecule has 0 radical (unpaired) electrons. The third-order valence-corrected chi connectivity index (χ3v) is 2.23. The van der Waals surface area contributed by atoms with E-state index in [2.05, 4.69) is 5.32 Å². The van der Waals surface area contributed by atoms with Crippen LogP contribution in [0, 0.1) is 5.82 Å². The van der Waals surface area contributed by atoms with E-state index >= 15 is 0 Å². The molecule has 2 N–H and O–H groups in total. The van der Waals surface area contributed by atoms with Crippen LogP contribution in [0.2, 0.25) is 0 Å². The van der Waals surface area contributed by atoms with Crippen LogP contribution in [0.5, 0.6) is 5.75 Å².